The minimum atomic E-state index is -3.51. The van der Waals surface area contributed by atoms with Gasteiger partial charge < -0.3 is 0 Å². The first-order chi connectivity index (χ1) is 9.00. The zero-order valence-corrected chi connectivity index (χ0v) is 11.7. The smallest absolute Gasteiger partial charge is 0.243 e. The van der Waals surface area contributed by atoms with Gasteiger partial charge in [-0.05, 0) is 37.8 Å². The highest BCUT2D eigenvalue weighted by Crippen LogP contribution is 2.38. The standard InChI is InChI=1S/C14H17NO3S/c1-10-5-7-12(8-6-10)19(17,18)15-9-11-3-2-4-13(16)14(11)15/h5-8,11,14H,2-4,9H2,1H3/t11-,14+/m0/s1. The van der Waals surface area contributed by atoms with Gasteiger partial charge in [-0.25, -0.2) is 8.42 Å². The van der Waals surface area contributed by atoms with Crippen LogP contribution < -0.4 is 0 Å². The Balaban J connectivity index is 1.89. The van der Waals surface area contributed by atoms with Crippen molar-refractivity contribution in [2.75, 3.05) is 6.54 Å². The molecular weight excluding hydrogens is 262 g/mol. The second-order valence-corrected chi connectivity index (χ2v) is 7.34. The third kappa shape index (κ3) is 2.01. The van der Waals surface area contributed by atoms with Gasteiger partial charge in [0.15, 0.2) is 5.78 Å². The normalized spacial score (nSPS) is 27.7. The average molecular weight is 279 g/mol. The van der Waals surface area contributed by atoms with E-state index in [0.29, 0.717) is 13.0 Å². The summed E-state index contributed by atoms with van der Waals surface area (Å²) >= 11 is 0. The molecular formula is C14H17NO3S. The van der Waals surface area contributed by atoms with Gasteiger partial charge in [-0.3, -0.25) is 4.79 Å². The van der Waals surface area contributed by atoms with Crippen LogP contribution in [0.1, 0.15) is 24.8 Å². The van der Waals surface area contributed by atoms with Gasteiger partial charge in [0.2, 0.25) is 10.0 Å². The molecule has 3 rings (SSSR count). The first-order valence-electron chi connectivity index (χ1n) is 6.61. The van der Waals surface area contributed by atoms with E-state index in [4.69, 9.17) is 0 Å². The van der Waals surface area contributed by atoms with Crippen LogP contribution in [0, 0.1) is 12.8 Å². The molecule has 0 amide bonds. The van der Waals surface area contributed by atoms with Crippen LogP contribution >= 0.6 is 0 Å². The lowest BCUT2D eigenvalue weighted by molar-refractivity contribution is -0.131. The molecule has 1 saturated carbocycles. The molecule has 1 aliphatic heterocycles. The van der Waals surface area contributed by atoms with Crippen LogP contribution in [0.15, 0.2) is 29.2 Å². The molecule has 1 aromatic carbocycles. The van der Waals surface area contributed by atoms with E-state index in [1.54, 1.807) is 24.3 Å². The number of rotatable bonds is 2. The number of carbonyl (C=O) groups excluding carboxylic acids is 1. The van der Waals surface area contributed by atoms with Crippen molar-refractivity contribution in [2.45, 2.75) is 37.1 Å². The first-order valence-corrected chi connectivity index (χ1v) is 8.05. The van der Waals surface area contributed by atoms with E-state index >= 15 is 0 Å². The molecule has 0 N–H and O–H groups in total. The van der Waals surface area contributed by atoms with Crippen LogP contribution in [0.5, 0.6) is 0 Å². The number of benzene rings is 1. The van der Waals surface area contributed by atoms with Crippen LogP contribution in [0.3, 0.4) is 0 Å². The molecule has 2 aliphatic rings. The van der Waals surface area contributed by atoms with Crippen LogP contribution in [0.25, 0.3) is 0 Å². The summed E-state index contributed by atoms with van der Waals surface area (Å²) in [4.78, 5) is 12.2. The van der Waals surface area contributed by atoms with Crippen molar-refractivity contribution >= 4 is 15.8 Å². The number of sulfonamides is 1. The van der Waals surface area contributed by atoms with Crippen molar-refractivity contribution in [1.29, 1.82) is 0 Å². The molecule has 2 fully saturated rings. The number of nitrogens with zero attached hydrogens (tertiary/aromatic N) is 1. The lowest BCUT2D eigenvalue weighted by atomic mass is 9.78. The maximum absolute atomic E-state index is 12.5. The van der Waals surface area contributed by atoms with Crippen molar-refractivity contribution in [3.05, 3.63) is 29.8 Å². The first kappa shape index (κ1) is 12.8. The fourth-order valence-electron chi connectivity index (χ4n) is 2.99. The molecule has 0 unspecified atom stereocenters. The van der Waals surface area contributed by atoms with E-state index in [1.165, 1.54) is 4.31 Å². The number of Topliss-reactive ketones (excluding diaryl/α,β-unsaturated/α-hetero) is 1. The van der Waals surface area contributed by atoms with Crippen LogP contribution in [-0.4, -0.2) is 31.1 Å². The minimum Gasteiger partial charge on any atom is -0.298 e. The molecule has 0 spiro atoms. The topological polar surface area (TPSA) is 54.5 Å². The largest absolute Gasteiger partial charge is 0.298 e. The number of hydrogen-bond donors (Lipinski definition) is 0. The average Bonchev–Trinajstić information content (AvgIpc) is 2.31. The summed E-state index contributed by atoms with van der Waals surface area (Å²) in [6.45, 7) is 2.41. The minimum absolute atomic E-state index is 0.0817. The number of ketones is 1. The summed E-state index contributed by atoms with van der Waals surface area (Å²) < 4.78 is 26.4. The van der Waals surface area contributed by atoms with E-state index in [1.807, 2.05) is 6.92 Å². The molecule has 1 heterocycles. The zero-order valence-electron chi connectivity index (χ0n) is 10.9. The number of aryl methyl sites for hydroxylation is 1. The van der Waals surface area contributed by atoms with Crippen molar-refractivity contribution in [1.82, 2.24) is 4.31 Å². The Kier molecular flexibility index (Phi) is 2.98. The van der Waals surface area contributed by atoms with Gasteiger partial charge >= 0.3 is 0 Å². The van der Waals surface area contributed by atoms with Gasteiger partial charge in [-0.2, -0.15) is 4.31 Å². The SMILES string of the molecule is Cc1ccc(S(=O)(=O)N2C[C@@H]3CCCC(=O)[C@@H]32)cc1. The maximum Gasteiger partial charge on any atom is 0.243 e. The summed E-state index contributed by atoms with van der Waals surface area (Å²) in [6.07, 6.45) is 2.38. The van der Waals surface area contributed by atoms with Crippen molar-refractivity contribution in [3.8, 4) is 0 Å². The summed E-state index contributed by atoms with van der Waals surface area (Å²) in [6, 6.07) is 6.40. The number of hydrogen-bond acceptors (Lipinski definition) is 3. The van der Waals surface area contributed by atoms with Crippen molar-refractivity contribution < 1.29 is 13.2 Å². The lowest BCUT2D eigenvalue weighted by Crippen LogP contribution is -2.63. The summed E-state index contributed by atoms with van der Waals surface area (Å²) in [5.74, 6) is 0.319. The van der Waals surface area contributed by atoms with Crippen LogP contribution in [0.4, 0.5) is 0 Å². The second-order valence-electron chi connectivity index (χ2n) is 5.45. The molecule has 5 heteroatoms. The molecule has 0 bridgehead atoms. The predicted molar refractivity (Wildman–Crippen MR) is 71.2 cm³/mol. The molecule has 102 valence electrons. The molecule has 1 aromatic rings. The van der Waals surface area contributed by atoms with Gasteiger partial charge in [-0.1, -0.05) is 17.7 Å². The molecule has 0 aromatic heterocycles. The highest BCUT2D eigenvalue weighted by Gasteiger charge is 2.50. The summed E-state index contributed by atoms with van der Waals surface area (Å²) in [7, 11) is -3.51. The van der Waals surface area contributed by atoms with Gasteiger partial charge in [0.1, 0.15) is 0 Å². The zero-order chi connectivity index (χ0) is 13.6. The van der Waals surface area contributed by atoms with E-state index in [-0.39, 0.29) is 16.6 Å². The number of fused-ring (bicyclic) bond motifs is 1. The van der Waals surface area contributed by atoms with Crippen LogP contribution in [0.2, 0.25) is 0 Å². The fourth-order valence-corrected chi connectivity index (χ4v) is 4.72. The fraction of sp³-hybridized carbons (Fsp3) is 0.500. The third-order valence-corrected chi connectivity index (χ3v) is 5.99. The Morgan fingerprint density at radius 2 is 1.89 bits per heavy atom. The number of carbonyl (C=O) groups is 1. The summed E-state index contributed by atoms with van der Waals surface area (Å²) in [5, 5.41) is 0. The van der Waals surface area contributed by atoms with Crippen molar-refractivity contribution in [2.24, 2.45) is 5.92 Å². The van der Waals surface area contributed by atoms with Gasteiger partial charge in [0.05, 0.1) is 10.9 Å². The van der Waals surface area contributed by atoms with E-state index in [0.717, 1.165) is 18.4 Å². The van der Waals surface area contributed by atoms with E-state index < -0.39 is 16.1 Å². The summed E-state index contributed by atoms with van der Waals surface area (Å²) in [5.41, 5.74) is 1.02. The monoisotopic (exact) mass is 279 g/mol. The van der Waals surface area contributed by atoms with Gasteiger partial charge in [0.25, 0.3) is 0 Å². The highest BCUT2D eigenvalue weighted by molar-refractivity contribution is 7.89. The Bertz CT molecular complexity index is 606. The van der Waals surface area contributed by atoms with Gasteiger partial charge in [0, 0.05) is 13.0 Å². The molecule has 1 aliphatic carbocycles. The predicted octanol–water partition coefficient (Wildman–Crippen LogP) is 1.74. The molecule has 0 radical (unpaired) electrons. The Hall–Kier alpha value is -1.20. The Labute approximate surface area is 113 Å². The molecule has 2 atom stereocenters. The van der Waals surface area contributed by atoms with Crippen molar-refractivity contribution in [3.63, 3.8) is 0 Å². The third-order valence-electron chi connectivity index (χ3n) is 4.13. The maximum atomic E-state index is 12.5. The van der Waals surface area contributed by atoms with Crippen LogP contribution in [-0.2, 0) is 14.8 Å². The molecule has 19 heavy (non-hydrogen) atoms. The van der Waals surface area contributed by atoms with Gasteiger partial charge in [-0.15, -0.1) is 0 Å². The Morgan fingerprint density at radius 1 is 1.21 bits per heavy atom. The Morgan fingerprint density at radius 3 is 2.53 bits per heavy atom. The quantitative estimate of drug-likeness (QED) is 0.828. The highest BCUT2D eigenvalue weighted by atomic mass is 32.2. The lowest BCUT2D eigenvalue weighted by Gasteiger charge is -2.48. The van der Waals surface area contributed by atoms with E-state index in [2.05, 4.69) is 0 Å². The van der Waals surface area contributed by atoms with E-state index in [9.17, 15) is 13.2 Å². The molecule has 1 saturated heterocycles. The second kappa shape index (κ2) is 4.42. The molecule has 4 nitrogen and oxygen atoms in total.